The van der Waals surface area contributed by atoms with E-state index < -0.39 is 9.71 Å². The highest BCUT2D eigenvalue weighted by molar-refractivity contribution is 7.98. The minimum Gasteiger partial charge on any atom is -0.392 e. The Kier molecular flexibility index (Phi) is 5.80. The van der Waals surface area contributed by atoms with Gasteiger partial charge in [0.15, 0.2) is 0 Å². The summed E-state index contributed by atoms with van der Waals surface area (Å²) in [5.41, 5.74) is 1.13. The maximum Gasteiger partial charge on any atom is 0.224 e. The number of nitrogens with one attached hydrogen (secondary N) is 2. The lowest BCUT2D eigenvalue weighted by molar-refractivity contribution is -0.0511. The number of aliphatic hydroxyl groups excluding tert-OH is 1. The Bertz CT molecular complexity index is 1030. The van der Waals surface area contributed by atoms with E-state index in [-0.39, 0.29) is 17.6 Å². The van der Waals surface area contributed by atoms with Crippen molar-refractivity contribution in [3.05, 3.63) is 41.6 Å². The summed E-state index contributed by atoms with van der Waals surface area (Å²) in [6, 6.07) is 9.31. The van der Waals surface area contributed by atoms with Crippen molar-refractivity contribution in [3.8, 4) is 6.07 Å². The highest BCUT2D eigenvalue weighted by Gasteiger charge is 2.47. The van der Waals surface area contributed by atoms with Crippen LogP contribution in [-0.4, -0.2) is 43.8 Å². The van der Waals surface area contributed by atoms with E-state index in [4.69, 9.17) is 5.14 Å². The van der Waals surface area contributed by atoms with Crippen LogP contribution >= 0.6 is 0 Å². The van der Waals surface area contributed by atoms with Crippen LogP contribution in [0, 0.1) is 16.7 Å². The van der Waals surface area contributed by atoms with Crippen molar-refractivity contribution in [2.45, 2.75) is 43.7 Å². The summed E-state index contributed by atoms with van der Waals surface area (Å²) in [6.07, 6.45) is 2.44. The molecule has 0 bridgehead atoms. The molecule has 3 atom stereocenters. The zero-order chi connectivity index (χ0) is 21.2. The molecule has 0 spiro atoms. The van der Waals surface area contributed by atoms with Crippen LogP contribution in [0.3, 0.4) is 0 Å². The van der Waals surface area contributed by atoms with Gasteiger partial charge < -0.3 is 15.7 Å². The van der Waals surface area contributed by atoms with Crippen LogP contribution in [0.1, 0.15) is 31.4 Å². The second-order valence-electron chi connectivity index (χ2n) is 7.88. The van der Waals surface area contributed by atoms with Crippen LogP contribution in [-0.2, 0) is 16.1 Å². The van der Waals surface area contributed by atoms with Gasteiger partial charge in [0, 0.05) is 22.9 Å². The van der Waals surface area contributed by atoms with Crippen LogP contribution in [0.25, 0.3) is 0 Å². The molecule has 0 amide bonds. The Hall–Kier alpha value is -2.67. The molecule has 154 valence electrons. The van der Waals surface area contributed by atoms with Crippen molar-refractivity contribution < 1.29 is 9.32 Å². The molecule has 1 heterocycles. The summed E-state index contributed by atoms with van der Waals surface area (Å²) in [6.45, 7) is 4.54. The summed E-state index contributed by atoms with van der Waals surface area (Å²) >= 11 is 0. The summed E-state index contributed by atoms with van der Waals surface area (Å²) in [5, 5.41) is 31.2. The maximum absolute atomic E-state index is 11.7. The molecule has 5 N–H and O–H groups in total. The van der Waals surface area contributed by atoms with E-state index in [1.54, 1.807) is 12.1 Å². The van der Waals surface area contributed by atoms with E-state index in [1.807, 2.05) is 26.0 Å². The van der Waals surface area contributed by atoms with E-state index in [0.717, 1.165) is 5.56 Å². The molecule has 1 saturated carbocycles. The first kappa shape index (κ1) is 21.0. The number of aromatic nitrogens is 2. The lowest BCUT2D eigenvalue weighted by atomic mass is 9.64. The van der Waals surface area contributed by atoms with Crippen molar-refractivity contribution in [3.63, 3.8) is 0 Å². The van der Waals surface area contributed by atoms with Gasteiger partial charge in [-0.2, -0.15) is 10.2 Å². The minimum absolute atomic E-state index is 0.0386. The van der Waals surface area contributed by atoms with Crippen LogP contribution in [0.15, 0.2) is 35.4 Å². The highest BCUT2D eigenvalue weighted by atomic mass is 32.2. The third kappa shape index (κ3) is 4.67. The predicted molar refractivity (Wildman–Crippen MR) is 115 cm³/mol. The van der Waals surface area contributed by atoms with Crippen LogP contribution in [0.4, 0.5) is 11.8 Å². The Balaban J connectivity index is 1.62. The van der Waals surface area contributed by atoms with Crippen LogP contribution in [0.5, 0.6) is 0 Å². The van der Waals surface area contributed by atoms with Gasteiger partial charge in [-0.3, -0.25) is 5.14 Å². The lowest BCUT2D eigenvalue weighted by Crippen LogP contribution is -2.57. The molecule has 1 aromatic carbocycles. The Morgan fingerprint density at radius 3 is 2.66 bits per heavy atom. The number of nitrogens with zero attached hydrogens (tertiary/aromatic N) is 3. The highest BCUT2D eigenvalue weighted by Crippen LogP contribution is 2.42. The fraction of sp³-hybridized carbons (Fsp3) is 0.400. The minimum atomic E-state index is -2.70. The van der Waals surface area contributed by atoms with Gasteiger partial charge in [0.05, 0.1) is 22.0 Å². The van der Waals surface area contributed by atoms with Gasteiger partial charge in [-0.15, -0.1) is 0 Å². The van der Waals surface area contributed by atoms with Gasteiger partial charge in [0.25, 0.3) is 0 Å². The zero-order valence-corrected chi connectivity index (χ0v) is 17.4. The number of nitriles is 1. The molecule has 1 aromatic heterocycles. The molecular formula is C20H26N6O2S. The Morgan fingerprint density at radius 1 is 1.41 bits per heavy atom. The van der Waals surface area contributed by atoms with E-state index >= 15 is 0 Å². The predicted octanol–water partition coefficient (Wildman–Crippen LogP) is 1.52. The van der Waals surface area contributed by atoms with Crippen molar-refractivity contribution in [1.29, 1.82) is 5.26 Å². The summed E-state index contributed by atoms with van der Waals surface area (Å²) in [5.74, 6) is 4.36. The Labute approximate surface area is 171 Å². The molecule has 9 heteroatoms. The molecule has 29 heavy (non-hydrogen) atoms. The molecule has 1 aliphatic carbocycles. The van der Waals surface area contributed by atoms with Crippen molar-refractivity contribution in [2.75, 3.05) is 17.2 Å². The first-order valence-electron chi connectivity index (χ1n) is 9.31. The van der Waals surface area contributed by atoms with E-state index in [0.29, 0.717) is 41.6 Å². The topological polar surface area (TPSA) is 137 Å². The van der Waals surface area contributed by atoms with Gasteiger partial charge in [0.2, 0.25) is 5.95 Å². The van der Waals surface area contributed by atoms with E-state index in [9.17, 15) is 14.6 Å². The fourth-order valence-electron chi connectivity index (χ4n) is 3.18. The lowest BCUT2D eigenvalue weighted by Gasteiger charge is -2.49. The van der Waals surface area contributed by atoms with Crippen molar-refractivity contribution >= 4 is 27.3 Å². The van der Waals surface area contributed by atoms with Crippen molar-refractivity contribution in [1.82, 2.24) is 9.97 Å². The average Bonchev–Trinajstić information content (AvgIpc) is 2.68. The van der Waals surface area contributed by atoms with Gasteiger partial charge in [-0.05, 0) is 36.4 Å². The normalized spacial score (nSPS) is 22.0. The maximum atomic E-state index is 11.7. The molecule has 1 unspecified atom stereocenters. The largest absolute Gasteiger partial charge is 0.392 e. The number of nitrogens with two attached hydrogens (primary N) is 1. The number of rotatable bonds is 7. The molecule has 2 aromatic rings. The molecule has 1 fully saturated rings. The molecule has 3 rings (SSSR count). The first-order valence-corrected chi connectivity index (χ1v) is 11.1. The Morgan fingerprint density at radius 2 is 2.10 bits per heavy atom. The van der Waals surface area contributed by atoms with Gasteiger partial charge in [-0.25, -0.2) is 9.19 Å². The van der Waals surface area contributed by atoms with Gasteiger partial charge in [-0.1, -0.05) is 26.0 Å². The van der Waals surface area contributed by atoms with Crippen LogP contribution < -0.4 is 15.8 Å². The monoisotopic (exact) mass is 414 g/mol. The number of benzene rings is 1. The SMILES string of the molecule is C=S(N)(=O)c1ccc(CCNc2ncc(C#N)c(N[C@@H]3C[C@H](O)C3(C)C)n2)cc1. The number of hydrogen-bond acceptors (Lipinski definition) is 7. The molecule has 8 nitrogen and oxygen atoms in total. The first-order chi connectivity index (χ1) is 13.6. The molecule has 1 aliphatic rings. The number of hydrogen-bond donors (Lipinski definition) is 4. The van der Waals surface area contributed by atoms with Gasteiger partial charge >= 0.3 is 0 Å². The number of anilines is 2. The quantitative estimate of drug-likeness (QED) is 0.504. The molecule has 0 aliphatic heterocycles. The third-order valence-corrected chi connectivity index (χ3v) is 6.53. The standard InChI is InChI=1S/C20H26N6O2S/c1-20(2)16(10-17(20)27)25-18-14(11-21)12-24-19(26-18)23-9-8-13-4-6-15(7-5-13)29(3,22)28/h4-7,12,16-17,27H,3,8-10H2,1-2H3,(H2,22,28)(H2,23,24,25,26)/t16-,17+,29?/m1/s1. The smallest absolute Gasteiger partial charge is 0.224 e. The van der Waals surface area contributed by atoms with E-state index in [1.165, 1.54) is 6.20 Å². The molecule has 0 radical (unpaired) electrons. The summed E-state index contributed by atoms with van der Waals surface area (Å²) in [4.78, 5) is 9.14. The molecule has 0 saturated heterocycles. The fourth-order valence-corrected chi connectivity index (χ4v) is 3.77. The second-order valence-corrected chi connectivity index (χ2v) is 9.81. The van der Waals surface area contributed by atoms with E-state index in [2.05, 4.69) is 32.5 Å². The van der Waals surface area contributed by atoms with Gasteiger partial charge in [0.1, 0.15) is 17.5 Å². The summed E-state index contributed by atoms with van der Waals surface area (Å²) in [7, 11) is -2.70. The number of aliphatic hydroxyl groups is 1. The summed E-state index contributed by atoms with van der Waals surface area (Å²) < 4.78 is 11.7. The van der Waals surface area contributed by atoms with Crippen molar-refractivity contribution in [2.24, 2.45) is 10.6 Å². The third-order valence-electron chi connectivity index (χ3n) is 5.46. The molecular weight excluding hydrogens is 388 g/mol. The zero-order valence-electron chi connectivity index (χ0n) is 16.6. The average molecular weight is 415 g/mol. The van der Waals surface area contributed by atoms with Crippen LogP contribution in [0.2, 0.25) is 0 Å². The second kappa shape index (κ2) is 7.99.